The molecule has 5 heteroatoms. The number of anilines is 1. The molecule has 2 rings (SSSR count). The number of amides is 2. The van der Waals surface area contributed by atoms with Crippen LogP contribution in [0.25, 0.3) is 0 Å². The minimum absolute atomic E-state index is 0.0372. The minimum Gasteiger partial charge on any atom is -0.335 e. The molecule has 0 spiro atoms. The van der Waals surface area contributed by atoms with Gasteiger partial charge in [0.15, 0.2) is 0 Å². The summed E-state index contributed by atoms with van der Waals surface area (Å²) >= 11 is 1.58. The van der Waals surface area contributed by atoms with Gasteiger partial charge in [0, 0.05) is 18.5 Å². The number of carbonyl (C=O) groups excluding carboxylic acids is 2. The molecule has 0 saturated heterocycles. The van der Waals surface area contributed by atoms with Crippen molar-refractivity contribution in [1.29, 1.82) is 0 Å². The first-order valence-corrected chi connectivity index (χ1v) is 9.84. The second-order valence-electron chi connectivity index (χ2n) is 6.19. The maximum Gasteiger partial charge on any atom is 0.243 e. The van der Waals surface area contributed by atoms with E-state index in [0.29, 0.717) is 0 Å². The van der Waals surface area contributed by atoms with Crippen LogP contribution in [0.3, 0.4) is 0 Å². The fourth-order valence-corrected chi connectivity index (χ4v) is 3.57. The van der Waals surface area contributed by atoms with Crippen molar-refractivity contribution in [2.24, 2.45) is 0 Å². The number of likely N-dealkylation sites (N-methyl/N-ethyl adjacent to an activating group) is 1. The minimum atomic E-state index is -0.198. The van der Waals surface area contributed by atoms with E-state index in [1.807, 2.05) is 68.4 Å². The lowest BCUT2D eigenvalue weighted by Gasteiger charge is -2.21. The Labute approximate surface area is 160 Å². The van der Waals surface area contributed by atoms with Gasteiger partial charge in [-0.3, -0.25) is 9.59 Å². The van der Waals surface area contributed by atoms with Gasteiger partial charge < -0.3 is 10.2 Å². The summed E-state index contributed by atoms with van der Waals surface area (Å²) in [6.07, 6.45) is 0.846. The van der Waals surface area contributed by atoms with E-state index >= 15 is 0 Å². The van der Waals surface area contributed by atoms with E-state index in [1.165, 1.54) is 10.5 Å². The Morgan fingerprint density at radius 2 is 1.73 bits per heavy atom. The average molecular weight is 371 g/mol. The average Bonchev–Trinajstić information content (AvgIpc) is 2.66. The molecular weight excluding hydrogens is 344 g/mol. The molecule has 1 N–H and O–H groups in total. The van der Waals surface area contributed by atoms with Crippen LogP contribution in [0.4, 0.5) is 5.69 Å². The SMILES string of the molecule is CCc1ccccc1NC(=O)CN(C)C(=O)[C@@H](C)SCc1ccccc1. The van der Waals surface area contributed by atoms with Gasteiger partial charge in [0.2, 0.25) is 11.8 Å². The number of carbonyl (C=O) groups is 2. The smallest absolute Gasteiger partial charge is 0.243 e. The van der Waals surface area contributed by atoms with E-state index in [1.54, 1.807) is 18.8 Å². The Morgan fingerprint density at radius 1 is 1.08 bits per heavy atom. The first kappa shape index (κ1) is 20.0. The number of hydrogen-bond donors (Lipinski definition) is 1. The van der Waals surface area contributed by atoms with Crippen molar-refractivity contribution in [3.05, 3.63) is 65.7 Å². The normalized spacial score (nSPS) is 11.7. The Bertz CT molecular complexity index is 734. The van der Waals surface area contributed by atoms with Crippen molar-refractivity contribution in [2.75, 3.05) is 18.9 Å². The fourth-order valence-electron chi connectivity index (χ4n) is 2.61. The maximum absolute atomic E-state index is 12.5. The number of hydrogen-bond acceptors (Lipinski definition) is 3. The summed E-state index contributed by atoms with van der Waals surface area (Å²) in [6.45, 7) is 3.98. The number of nitrogens with zero attached hydrogens (tertiary/aromatic N) is 1. The van der Waals surface area contributed by atoms with Crippen molar-refractivity contribution in [3.8, 4) is 0 Å². The number of aryl methyl sites for hydroxylation is 1. The molecule has 138 valence electrons. The highest BCUT2D eigenvalue weighted by Crippen LogP contribution is 2.19. The van der Waals surface area contributed by atoms with Crippen molar-refractivity contribution >= 4 is 29.3 Å². The number of nitrogens with one attached hydrogen (secondary N) is 1. The standard InChI is InChI=1S/C21H26N2O2S/c1-4-18-12-8-9-13-19(18)22-20(24)14-23(3)21(25)16(2)26-15-17-10-6-5-7-11-17/h5-13,16H,4,14-15H2,1-3H3,(H,22,24)/t16-/m1/s1. The van der Waals surface area contributed by atoms with Gasteiger partial charge in [-0.2, -0.15) is 0 Å². The predicted octanol–water partition coefficient (Wildman–Crippen LogP) is 3.97. The van der Waals surface area contributed by atoms with Crippen LogP contribution in [-0.2, 0) is 21.8 Å². The molecule has 0 aromatic heterocycles. The van der Waals surface area contributed by atoms with Crippen LogP contribution in [0.15, 0.2) is 54.6 Å². The molecule has 0 unspecified atom stereocenters. The molecule has 2 amide bonds. The van der Waals surface area contributed by atoms with Gasteiger partial charge in [0.25, 0.3) is 0 Å². The lowest BCUT2D eigenvalue weighted by molar-refractivity contribution is -0.132. The molecule has 2 aromatic carbocycles. The first-order valence-electron chi connectivity index (χ1n) is 8.79. The molecule has 0 aliphatic heterocycles. The first-order chi connectivity index (χ1) is 12.5. The van der Waals surface area contributed by atoms with Crippen molar-refractivity contribution in [3.63, 3.8) is 0 Å². The largest absolute Gasteiger partial charge is 0.335 e. The highest BCUT2D eigenvalue weighted by Gasteiger charge is 2.20. The predicted molar refractivity (Wildman–Crippen MR) is 109 cm³/mol. The summed E-state index contributed by atoms with van der Waals surface area (Å²) in [4.78, 5) is 26.3. The summed E-state index contributed by atoms with van der Waals surface area (Å²) in [5, 5.41) is 2.71. The van der Waals surface area contributed by atoms with Gasteiger partial charge in [-0.15, -0.1) is 11.8 Å². The van der Waals surface area contributed by atoms with Crippen LogP contribution >= 0.6 is 11.8 Å². The van der Waals surface area contributed by atoms with E-state index in [0.717, 1.165) is 23.4 Å². The molecule has 0 aliphatic carbocycles. The van der Waals surface area contributed by atoms with Crippen molar-refractivity contribution in [1.82, 2.24) is 4.90 Å². The van der Waals surface area contributed by atoms with Gasteiger partial charge in [-0.25, -0.2) is 0 Å². The molecule has 2 aromatic rings. The molecule has 26 heavy (non-hydrogen) atoms. The molecule has 0 heterocycles. The molecular formula is C21H26N2O2S. The zero-order chi connectivity index (χ0) is 18.9. The topological polar surface area (TPSA) is 49.4 Å². The van der Waals surface area contributed by atoms with Crippen LogP contribution in [0.5, 0.6) is 0 Å². The number of thioether (sulfide) groups is 1. The number of rotatable bonds is 8. The van der Waals surface area contributed by atoms with E-state index in [9.17, 15) is 9.59 Å². The number of para-hydroxylation sites is 1. The van der Waals surface area contributed by atoms with Gasteiger partial charge in [0.1, 0.15) is 0 Å². The third-order valence-corrected chi connectivity index (χ3v) is 5.32. The zero-order valence-electron chi connectivity index (χ0n) is 15.6. The molecule has 0 saturated carbocycles. The third kappa shape index (κ3) is 5.92. The van der Waals surface area contributed by atoms with Crippen LogP contribution in [0, 0.1) is 0 Å². The Hall–Kier alpha value is -2.27. The molecule has 0 aliphatic rings. The lowest BCUT2D eigenvalue weighted by Crippen LogP contribution is -2.39. The Balaban J connectivity index is 1.84. The molecule has 4 nitrogen and oxygen atoms in total. The summed E-state index contributed by atoms with van der Waals surface area (Å²) in [7, 11) is 1.67. The second kappa shape index (κ2) is 10.0. The highest BCUT2D eigenvalue weighted by molar-refractivity contribution is 7.99. The molecule has 0 bridgehead atoms. The molecule has 0 radical (unpaired) electrons. The van der Waals surface area contributed by atoms with E-state index < -0.39 is 0 Å². The van der Waals surface area contributed by atoms with Gasteiger partial charge in [0.05, 0.1) is 11.8 Å². The van der Waals surface area contributed by atoms with Crippen LogP contribution in [0.1, 0.15) is 25.0 Å². The van der Waals surface area contributed by atoms with Crippen LogP contribution in [0.2, 0.25) is 0 Å². The summed E-state index contributed by atoms with van der Waals surface area (Å²) in [6, 6.07) is 17.8. The molecule has 1 atom stereocenters. The monoisotopic (exact) mass is 370 g/mol. The summed E-state index contributed by atoms with van der Waals surface area (Å²) in [5.74, 6) is 0.560. The lowest BCUT2D eigenvalue weighted by atomic mass is 10.1. The highest BCUT2D eigenvalue weighted by atomic mass is 32.2. The van der Waals surface area contributed by atoms with Crippen molar-refractivity contribution in [2.45, 2.75) is 31.3 Å². The quantitative estimate of drug-likeness (QED) is 0.765. The van der Waals surface area contributed by atoms with Crippen LogP contribution in [-0.4, -0.2) is 35.6 Å². The summed E-state index contributed by atoms with van der Waals surface area (Å²) < 4.78 is 0. The van der Waals surface area contributed by atoms with Crippen LogP contribution < -0.4 is 5.32 Å². The maximum atomic E-state index is 12.5. The van der Waals surface area contributed by atoms with E-state index in [2.05, 4.69) is 5.32 Å². The van der Waals surface area contributed by atoms with Crippen molar-refractivity contribution < 1.29 is 9.59 Å². The zero-order valence-corrected chi connectivity index (χ0v) is 16.4. The molecule has 0 fully saturated rings. The second-order valence-corrected chi connectivity index (χ2v) is 7.52. The number of benzene rings is 2. The van der Waals surface area contributed by atoms with Gasteiger partial charge >= 0.3 is 0 Å². The van der Waals surface area contributed by atoms with E-state index in [-0.39, 0.29) is 23.6 Å². The van der Waals surface area contributed by atoms with Gasteiger partial charge in [-0.1, -0.05) is 55.5 Å². The Morgan fingerprint density at radius 3 is 2.42 bits per heavy atom. The summed E-state index contributed by atoms with van der Waals surface area (Å²) in [5.41, 5.74) is 3.09. The Kier molecular flexibility index (Phi) is 7.73. The van der Waals surface area contributed by atoms with Gasteiger partial charge in [-0.05, 0) is 30.5 Å². The fraction of sp³-hybridized carbons (Fsp3) is 0.333. The van der Waals surface area contributed by atoms with E-state index in [4.69, 9.17) is 0 Å². The third-order valence-electron chi connectivity index (χ3n) is 4.12.